The van der Waals surface area contributed by atoms with Crippen molar-refractivity contribution in [1.82, 2.24) is 5.32 Å². The molecular weight excluding hydrogens is 194 g/mol. The normalized spacial score (nSPS) is 10.8. The predicted molar refractivity (Wildman–Crippen MR) is 71.5 cm³/mol. The first-order chi connectivity index (χ1) is 7.58. The largest absolute Gasteiger partial charge is 0.309 e. The molecule has 0 spiro atoms. The lowest BCUT2D eigenvalue weighted by molar-refractivity contribution is 0.646. The predicted octanol–water partition coefficient (Wildman–Crippen LogP) is 3.55. The molecule has 88 valence electrons. The fourth-order valence-corrected chi connectivity index (χ4v) is 1.68. The third-order valence-corrected chi connectivity index (χ3v) is 2.42. The van der Waals surface area contributed by atoms with Gasteiger partial charge in [0.05, 0.1) is 0 Å². The van der Waals surface area contributed by atoms with Crippen LogP contribution in [0.5, 0.6) is 0 Å². The van der Waals surface area contributed by atoms with E-state index in [0.717, 1.165) is 19.0 Å². The van der Waals surface area contributed by atoms with E-state index in [0.29, 0.717) is 0 Å². The van der Waals surface area contributed by atoms with Crippen LogP contribution < -0.4 is 5.32 Å². The van der Waals surface area contributed by atoms with Gasteiger partial charge in [-0.05, 0) is 30.4 Å². The summed E-state index contributed by atoms with van der Waals surface area (Å²) in [5.74, 6) is 0.729. The van der Waals surface area contributed by atoms with E-state index in [1.807, 2.05) is 6.92 Å². The Kier molecular flexibility index (Phi) is 5.27. The minimum absolute atomic E-state index is 0.729. The standard InChI is InChI=1S/C15H23N/c1-12(2)9-14-5-7-15(8-6-14)11-16-10-13(3)4/h5-8,12,16H,3,9-11H2,1-2,4H3. The summed E-state index contributed by atoms with van der Waals surface area (Å²) in [6, 6.07) is 8.89. The second-order valence-corrected chi connectivity index (χ2v) is 4.98. The maximum Gasteiger partial charge on any atom is 0.0208 e. The highest BCUT2D eigenvalue weighted by molar-refractivity contribution is 5.22. The van der Waals surface area contributed by atoms with Gasteiger partial charge in [0.15, 0.2) is 0 Å². The first-order valence-corrected chi connectivity index (χ1v) is 6.01. The maximum atomic E-state index is 3.87. The zero-order valence-corrected chi connectivity index (χ0v) is 10.7. The van der Waals surface area contributed by atoms with E-state index in [9.17, 15) is 0 Å². The summed E-state index contributed by atoms with van der Waals surface area (Å²) in [5, 5.41) is 3.36. The highest BCUT2D eigenvalue weighted by Gasteiger charge is 1.98. The fraction of sp³-hybridized carbons (Fsp3) is 0.467. The molecule has 16 heavy (non-hydrogen) atoms. The van der Waals surface area contributed by atoms with Gasteiger partial charge in [0.1, 0.15) is 0 Å². The van der Waals surface area contributed by atoms with Crippen LogP contribution in [0.2, 0.25) is 0 Å². The highest BCUT2D eigenvalue weighted by Crippen LogP contribution is 2.09. The molecule has 0 bridgehead atoms. The summed E-state index contributed by atoms with van der Waals surface area (Å²) in [5.41, 5.74) is 3.95. The topological polar surface area (TPSA) is 12.0 Å². The zero-order valence-electron chi connectivity index (χ0n) is 10.7. The monoisotopic (exact) mass is 217 g/mol. The molecule has 0 saturated carbocycles. The third-order valence-electron chi connectivity index (χ3n) is 2.42. The minimum atomic E-state index is 0.729. The van der Waals surface area contributed by atoms with Crippen LogP contribution in [0, 0.1) is 5.92 Å². The van der Waals surface area contributed by atoms with Crippen molar-refractivity contribution in [3.8, 4) is 0 Å². The molecule has 0 radical (unpaired) electrons. The van der Waals surface area contributed by atoms with Crippen LogP contribution in [-0.2, 0) is 13.0 Å². The average Bonchev–Trinajstić information content (AvgIpc) is 2.19. The first-order valence-electron chi connectivity index (χ1n) is 6.01. The lowest BCUT2D eigenvalue weighted by atomic mass is 10.0. The summed E-state index contributed by atoms with van der Waals surface area (Å²) in [7, 11) is 0. The molecule has 1 heteroatoms. The SMILES string of the molecule is C=C(C)CNCc1ccc(CC(C)C)cc1. The van der Waals surface area contributed by atoms with Gasteiger partial charge in [0, 0.05) is 13.1 Å². The van der Waals surface area contributed by atoms with Crippen LogP contribution in [0.4, 0.5) is 0 Å². The van der Waals surface area contributed by atoms with Gasteiger partial charge < -0.3 is 5.32 Å². The Labute approximate surface area is 99.6 Å². The van der Waals surface area contributed by atoms with Crippen molar-refractivity contribution in [3.63, 3.8) is 0 Å². The zero-order chi connectivity index (χ0) is 12.0. The van der Waals surface area contributed by atoms with Crippen molar-refractivity contribution in [2.75, 3.05) is 6.54 Å². The number of hydrogen-bond acceptors (Lipinski definition) is 1. The highest BCUT2D eigenvalue weighted by atomic mass is 14.8. The van der Waals surface area contributed by atoms with Crippen molar-refractivity contribution in [3.05, 3.63) is 47.5 Å². The summed E-state index contributed by atoms with van der Waals surface area (Å²) in [6.07, 6.45) is 1.17. The molecule has 0 aromatic heterocycles. The molecular formula is C15H23N. The van der Waals surface area contributed by atoms with E-state index >= 15 is 0 Å². The molecule has 0 saturated heterocycles. The van der Waals surface area contributed by atoms with Crippen LogP contribution in [0.25, 0.3) is 0 Å². The van der Waals surface area contributed by atoms with Crippen molar-refractivity contribution < 1.29 is 0 Å². The molecule has 0 aliphatic heterocycles. The Morgan fingerprint density at radius 1 is 1.19 bits per heavy atom. The van der Waals surface area contributed by atoms with Crippen molar-refractivity contribution in [1.29, 1.82) is 0 Å². The molecule has 1 rings (SSSR count). The second kappa shape index (κ2) is 6.49. The molecule has 1 N–H and O–H groups in total. The molecule has 1 nitrogen and oxygen atoms in total. The second-order valence-electron chi connectivity index (χ2n) is 4.98. The first kappa shape index (κ1) is 13.0. The molecule has 0 unspecified atom stereocenters. The molecule has 1 aromatic carbocycles. The molecule has 0 amide bonds. The average molecular weight is 217 g/mol. The molecule has 0 atom stereocenters. The number of rotatable bonds is 6. The molecule has 0 heterocycles. The lowest BCUT2D eigenvalue weighted by Crippen LogP contribution is -2.15. The quantitative estimate of drug-likeness (QED) is 0.719. The van der Waals surface area contributed by atoms with Gasteiger partial charge in [-0.25, -0.2) is 0 Å². The van der Waals surface area contributed by atoms with Crippen LogP contribution in [0.15, 0.2) is 36.4 Å². The van der Waals surface area contributed by atoms with Crippen molar-refractivity contribution >= 4 is 0 Å². The van der Waals surface area contributed by atoms with E-state index < -0.39 is 0 Å². The van der Waals surface area contributed by atoms with Crippen LogP contribution in [-0.4, -0.2) is 6.54 Å². The van der Waals surface area contributed by atoms with Crippen LogP contribution >= 0.6 is 0 Å². The number of nitrogens with one attached hydrogen (secondary N) is 1. The van der Waals surface area contributed by atoms with Gasteiger partial charge >= 0.3 is 0 Å². The van der Waals surface area contributed by atoms with Gasteiger partial charge in [0.2, 0.25) is 0 Å². The number of benzene rings is 1. The Bertz CT molecular complexity index is 322. The third kappa shape index (κ3) is 5.13. The van der Waals surface area contributed by atoms with E-state index in [2.05, 4.69) is 50.0 Å². The van der Waals surface area contributed by atoms with Crippen LogP contribution in [0.1, 0.15) is 31.9 Å². The van der Waals surface area contributed by atoms with Gasteiger partial charge in [-0.15, -0.1) is 0 Å². The molecule has 0 fully saturated rings. The van der Waals surface area contributed by atoms with Gasteiger partial charge in [0.25, 0.3) is 0 Å². The Morgan fingerprint density at radius 2 is 1.75 bits per heavy atom. The van der Waals surface area contributed by atoms with E-state index in [1.54, 1.807) is 0 Å². The Hall–Kier alpha value is -1.08. The minimum Gasteiger partial charge on any atom is -0.309 e. The number of hydrogen-bond donors (Lipinski definition) is 1. The summed E-state index contributed by atoms with van der Waals surface area (Å²) >= 11 is 0. The maximum absolute atomic E-state index is 3.87. The Morgan fingerprint density at radius 3 is 2.25 bits per heavy atom. The van der Waals surface area contributed by atoms with Gasteiger partial charge in [-0.2, -0.15) is 0 Å². The van der Waals surface area contributed by atoms with Crippen molar-refractivity contribution in [2.24, 2.45) is 5.92 Å². The van der Waals surface area contributed by atoms with Crippen LogP contribution in [0.3, 0.4) is 0 Å². The summed E-state index contributed by atoms with van der Waals surface area (Å²) in [6.45, 7) is 12.2. The smallest absolute Gasteiger partial charge is 0.0208 e. The van der Waals surface area contributed by atoms with E-state index in [4.69, 9.17) is 0 Å². The van der Waals surface area contributed by atoms with E-state index in [1.165, 1.54) is 23.1 Å². The summed E-state index contributed by atoms with van der Waals surface area (Å²) < 4.78 is 0. The Balaban J connectivity index is 2.42. The van der Waals surface area contributed by atoms with Crippen molar-refractivity contribution in [2.45, 2.75) is 33.7 Å². The molecule has 1 aromatic rings. The molecule has 0 aliphatic rings. The van der Waals surface area contributed by atoms with Gasteiger partial charge in [-0.3, -0.25) is 0 Å². The van der Waals surface area contributed by atoms with E-state index in [-0.39, 0.29) is 0 Å². The lowest BCUT2D eigenvalue weighted by Gasteiger charge is -2.07. The summed E-state index contributed by atoms with van der Waals surface area (Å²) in [4.78, 5) is 0. The fourth-order valence-electron chi connectivity index (χ4n) is 1.68. The van der Waals surface area contributed by atoms with Gasteiger partial charge in [-0.1, -0.05) is 50.3 Å². The molecule has 0 aliphatic carbocycles.